The van der Waals surface area contributed by atoms with E-state index >= 15 is 0 Å². The quantitative estimate of drug-likeness (QED) is 0.229. The third kappa shape index (κ3) is 5.37. The van der Waals surface area contributed by atoms with E-state index in [0.717, 1.165) is 21.1 Å². The molecule has 1 atom stereocenters. The molecule has 0 spiro atoms. The number of aryl methyl sites for hydroxylation is 2. The number of aliphatic imine (C=N–C) groups is 1. The molecule has 2 heterocycles. The third-order valence-corrected chi connectivity index (χ3v) is 5.11. The summed E-state index contributed by atoms with van der Waals surface area (Å²) in [6, 6.07) is 7.63. The summed E-state index contributed by atoms with van der Waals surface area (Å²) < 4.78 is 47.9. The number of alkyl halides is 3. The first-order valence-electron chi connectivity index (χ1n) is 9.93. The molecule has 0 amide bonds. The number of aliphatic hydroxyl groups is 1. The summed E-state index contributed by atoms with van der Waals surface area (Å²) in [5.41, 5.74) is -1.35. The van der Waals surface area contributed by atoms with Gasteiger partial charge in [0.2, 0.25) is 5.60 Å². The molecule has 0 fully saturated rings. The van der Waals surface area contributed by atoms with Gasteiger partial charge in [0.25, 0.3) is 0 Å². The number of fused-ring (bicyclic) bond motifs is 1. The van der Waals surface area contributed by atoms with E-state index in [1.807, 2.05) is 38.1 Å². The topological polar surface area (TPSA) is 87.6 Å². The van der Waals surface area contributed by atoms with Crippen molar-refractivity contribution in [2.24, 2.45) is 12.0 Å². The molecule has 1 aromatic carbocycles. The maximum absolute atomic E-state index is 13.6. The Labute approximate surface area is 201 Å². The van der Waals surface area contributed by atoms with Crippen LogP contribution in [0.2, 0.25) is 0 Å². The van der Waals surface area contributed by atoms with Crippen LogP contribution in [-0.2, 0) is 19.2 Å². The maximum Gasteiger partial charge on any atom is 0.424 e. The summed E-state index contributed by atoms with van der Waals surface area (Å²) in [7, 11) is 1.41. The molecule has 0 saturated carbocycles. The Bertz CT molecular complexity index is 1060. The van der Waals surface area contributed by atoms with Crippen LogP contribution in [0.15, 0.2) is 46.1 Å². The first-order valence-corrected chi connectivity index (χ1v) is 9.93. The second-order valence-electron chi connectivity index (χ2n) is 7.24. The van der Waals surface area contributed by atoms with Crippen LogP contribution in [0, 0.1) is 6.92 Å². The normalized spacial score (nSPS) is 14.2. The molecule has 0 bridgehead atoms. The molecule has 0 aliphatic rings. The zero-order chi connectivity index (χ0) is 22.6. The molecule has 1 unspecified atom stereocenters. The zero-order valence-electron chi connectivity index (χ0n) is 18.0. The molecule has 3 N–H and O–H groups in total. The van der Waals surface area contributed by atoms with Gasteiger partial charge in [-0.1, -0.05) is 18.2 Å². The van der Waals surface area contributed by atoms with Gasteiger partial charge >= 0.3 is 6.18 Å². The van der Waals surface area contributed by atoms with Gasteiger partial charge in [-0.25, -0.2) is 9.98 Å². The lowest BCUT2D eigenvalue weighted by Crippen LogP contribution is -2.47. The lowest BCUT2D eigenvalue weighted by Gasteiger charge is -2.30. The molecule has 0 aliphatic heterocycles. The van der Waals surface area contributed by atoms with Crippen molar-refractivity contribution in [1.82, 2.24) is 20.2 Å². The highest BCUT2D eigenvalue weighted by atomic mass is 127. The summed E-state index contributed by atoms with van der Waals surface area (Å²) in [4.78, 5) is 8.12. The van der Waals surface area contributed by atoms with Gasteiger partial charge in [-0.3, -0.25) is 0 Å². The summed E-state index contributed by atoms with van der Waals surface area (Å²) in [6.07, 6.45) is -2.93. The smallest absolute Gasteiger partial charge is 0.424 e. The predicted molar refractivity (Wildman–Crippen MR) is 127 cm³/mol. The van der Waals surface area contributed by atoms with Crippen molar-refractivity contribution < 1.29 is 22.7 Å². The van der Waals surface area contributed by atoms with Gasteiger partial charge in [0.15, 0.2) is 5.96 Å². The van der Waals surface area contributed by atoms with Crippen molar-refractivity contribution >= 4 is 40.9 Å². The number of hydrogen-bond donors (Lipinski definition) is 3. The molecule has 0 saturated heterocycles. The third-order valence-electron chi connectivity index (χ3n) is 5.11. The van der Waals surface area contributed by atoms with Crippen LogP contribution in [0.4, 0.5) is 13.2 Å². The minimum Gasteiger partial charge on any atom is -0.459 e. The Hall–Kier alpha value is -2.28. The largest absolute Gasteiger partial charge is 0.459 e. The van der Waals surface area contributed by atoms with Gasteiger partial charge in [0, 0.05) is 49.9 Å². The second kappa shape index (κ2) is 10.6. The Balaban J connectivity index is 0.00000363. The Morgan fingerprint density at radius 1 is 1.25 bits per heavy atom. The number of furan rings is 1. The minimum atomic E-state index is -4.88. The lowest BCUT2D eigenvalue weighted by molar-refractivity contribution is -0.272. The predicted octanol–water partition coefficient (Wildman–Crippen LogP) is 3.99. The van der Waals surface area contributed by atoms with E-state index in [1.165, 1.54) is 19.4 Å². The second-order valence-corrected chi connectivity index (χ2v) is 7.24. The van der Waals surface area contributed by atoms with E-state index in [4.69, 9.17) is 4.42 Å². The van der Waals surface area contributed by atoms with Crippen LogP contribution in [-0.4, -0.2) is 39.9 Å². The van der Waals surface area contributed by atoms with Crippen LogP contribution in [0.1, 0.15) is 30.5 Å². The maximum atomic E-state index is 13.6. The number of aromatic nitrogens is 2. The van der Waals surface area contributed by atoms with E-state index in [0.29, 0.717) is 18.3 Å². The van der Waals surface area contributed by atoms with Crippen molar-refractivity contribution in [2.75, 3.05) is 13.1 Å². The van der Waals surface area contributed by atoms with E-state index in [1.54, 1.807) is 0 Å². The molecular formula is C21H27F3IN5O2. The van der Waals surface area contributed by atoms with E-state index in [9.17, 15) is 18.3 Å². The fourth-order valence-electron chi connectivity index (χ4n) is 3.37. The van der Waals surface area contributed by atoms with Gasteiger partial charge in [-0.15, -0.1) is 24.0 Å². The standard InChI is InChI=1S/C21H26F3N5O2.HI/c1-4-25-19(28-13-17-14(2)15-7-5-6-8-16(15)31-17)27-10-9-20(30,21(22,23)24)18-26-11-12-29(18)3;/h5-8,11-12,30H,4,9-10,13H2,1-3H3,(H2,25,27,28);1H. The lowest BCUT2D eigenvalue weighted by atomic mass is 9.97. The first kappa shape index (κ1) is 26.0. The fourth-order valence-corrected chi connectivity index (χ4v) is 3.37. The molecule has 3 aromatic rings. The molecule has 176 valence electrons. The summed E-state index contributed by atoms with van der Waals surface area (Å²) >= 11 is 0. The number of guanidine groups is 1. The zero-order valence-corrected chi connectivity index (χ0v) is 20.4. The first-order chi connectivity index (χ1) is 14.7. The number of nitrogens with one attached hydrogen (secondary N) is 2. The molecule has 3 rings (SSSR count). The molecule has 2 aromatic heterocycles. The van der Waals surface area contributed by atoms with Crippen molar-refractivity contribution in [3.05, 3.63) is 53.8 Å². The average molecular weight is 565 g/mol. The van der Waals surface area contributed by atoms with Gasteiger partial charge in [-0.2, -0.15) is 13.2 Å². The fraction of sp³-hybridized carbons (Fsp3) is 0.429. The number of para-hydroxylation sites is 1. The van der Waals surface area contributed by atoms with Crippen molar-refractivity contribution in [3.8, 4) is 0 Å². The molecule has 7 nitrogen and oxygen atoms in total. The van der Waals surface area contributed by atoms with Crippen LogP contribution in [0.25, 0.3) is 11.0 Å². The summed E-state index contributed by atoms with van der Waals surface area (Å²) in [6.45, 7) is 4.36. The summed E-state index contributed by atoms with van der Waals surface area (Å²) in [5.74, 6) is 0.548. The highest BCUT2D eigenvalue weighted by Gasteiger charge is 2.57. The van der Waals surface area contributed by atoms with Crippen molar-refractivity contribution in [1.29, 1.82) is 0 Å². The molecule has 11 heteroatoms. The van der Waals surface area contributed by atoms with Crippen molar-refractivity contribution in [3.63, 3.8) is 0 Å². The van der Waals surface area contributed by atoms with Gasteiger partial charge in [0.05, 0.1) is 0 Å². The van der Waals surface area contributed by atoms with E-state index in [-0.39, 0.29) is 37.1 Å². The van der Waals surface area contributed by atoms with Gasteiger partial charge in [0.1, 0.15) is 23.7 Å². The number of rotatable bonds is 7. The van der Waals surface area contributed by atoms with Crippen LogP contribution in [0.3, 0.4) is 0 Å². The molecular weight excluding hydrogens is 538 g/mol. The van der Waals surface area contributed by atoms with E-state index in [2.05, 4.69) is 20.6 Å². The SMILES string of the molecule is CCNC(=NCc1oc2ccccc2c1C)NCCC(O)(c1nccn1C)C(F)(F)F.I. The van der Waals surface area contributed by atoms with E-state index < -0.39 is 24.0 Å². The van der Waals surface area contributed by atoms with Gasteiger partial charge in [-0.05, 0) is 19.9 Å². The number of imidazole rings is 1. The average Bonchev–Trinajstić information content (AvgIpc) is 3.29. The highest BCUT2D eigenvalue weighted by Crippen LogP contribution is 2.40. The molecule has 0 aliphatic carbocycles. The Morgan fingerprint density at radius 2 is 1.97 bits per heavy atom. The highest BCUT2D eigenvalue weighted by molar-refractivity contribution is 14.0. The Kier molecular flexibility index (Phi) is 8.57. The van der Waals surface area contributed by atoms with Crippen LogP contribution >= 0.6 is 24.0 Å². The van der Waals surface area contributed by atoms with Gasteiger partial charge < -0.3 is 24.7 Å². The van der Waals surface area contributed by atoms with Crippen LogP contribution in [0.5, 0.6) is 0 Å². The van der Waals surface area contributed by atoms with Crippen molar-refractivity contribution in [2.45, 2.75) is 38.6 Å². The number of halogens is 4. The molecule has 0 radical (unpaired) electrons. The Morgan fingerprint density at radius 3 is 2.56 bits per heavy atom. The summed E-state index contributed by atoms with van der Waals surface area (Å²) in [5, 5.41) is 17.3. The number of nitrogens with zero attached hydrogens (tertiary/aromatic N) is 3. The number of hydrogen-bond acceptors (Lipinski definition) is 4. The monoisotopic (exact) mass is 565 g/mol. The van der Waals surface area contributed by atoms with Crippen LogP contribution < -0.4 is 10.6 Å². The minimum absolute atomic E-state index is 0. The number of benzene rings is 1. The molecule has 32 heavy (non-hydrogen) atoms.